The van der Waals surface area contributed by atoms with E-state index in [1.165, 1.54) is 11.9 Å². The third-order valence-electron chi connectivity index (χ3n) is 4.60. The van der Waals surface area contributed by atoms with E-state index in [-0.39, 0.29) is 11.8 Å². The van der Waals surface area contributed by atoms with Crippen LogP contribution in [0.4, 0.5) is 18.9 Å². The van der Waals surface area contributed by atoms with E-state index in [0.717, 1.165) is 31.9 Å². The van der Waals surface area contributed by atoms with Gasteiger partial charge in [0, 0.05) is 32.1 Å². The van der Waals surface area contributed by atoms with Crippen molar-refractivity contribution in [2.45, 2.75) is 12.7 Å². The second-order valence-electron chi connectivity index (χ2n) is 6.54. The van der Waals surface area contributed by atoms with Gasteiger partial charge in [0.15, 0.2) is 0 Å². The van der Waals surface area contributed by atoms with E-state index in [0.29, 0.717) is 5.92 Å². The fraction of sp³-hybridized carbons (Fsp3) is 0.412. The molecule has 150 valence electrons. The van der Waals surface area contributed by atoms with E-state index in [1.54, 1.807) is 23.7 Å². The van der Waals surface area contributed by atoms with Crippen LogP contribution in [0.5, 0.6) is 0 Å². The van der Waals surface area contributed by atoms with Crippen LogP contribution in [0.25, 0.3) is 0 Å². The lowest BCUT2D eigenvalue weighted by Crippen LogP contribution is -2.32. The van der Waals surface area contributed by atoms with Crippen molar-refractivity contribution in [1.82, 2.24) is 14.9 Å². The van der Waals surface area contributed by atoms with Gasteiger partial charge in [-0.05, 0) is 22.4 Å². The van der Waals surface area contributed by atoms with Gasteiger partial charge in [0.1, 0.15) is 6.33 Å². The van der Waals surface area contributed by atoms with Gasteiger partial charge in [0.2, 0.25) is 5.91 Å². The molecule has 2 saturated heterocycles. The van der Waals surface area contributed by atoms with E-state index in [4.69, 9.17) is 9.90 Å². The Morgan fingerprint density at radius 1 is 1.25 bits per heavy atom. The number of carbonyl (C=O) groups excluding carboxylic acids is 1. The number of likely N-dealkylation sites (tertiary alicyclic amines) is 1. The largest absolute Gasteiger partial charge is 0.490 e. The SMILES string of the molecule is O=C(O)C(F)(F)F.O=C1[C@H]2CN(Cc3ccsc3)C[C@H]2CN1c1cncnc1. The molecule has 11 heteroatoms. The highest BCUT2D eigenvalue weighted by Gasteiger charge is 2.46. The Kier molecular flexibility index (Phi) is 5.94. The van der Waals surface area contributed by atoms with Crippen LogP contribution in [-0.2, 0) is 16.1 Å². The molecule has 2 fully saturated rings. The van der Waals surface area contributed by atoms with Gasteiger partial charge in [-0.1, -0.05) is 0 Å². The van der Waals surface area contributed by atoms with Gasteiger partial charge in [-0.2, -0.15) is 24.5 Å². The van der Waals surface area contributed by atoms with E-state index in [9.17, 15) is 18.0 Å². The van der Waals surface area contributed by atoms with Crippen molar-refractivity contribution in [2.75, 3.05) is 24.5 Å². The molecule has 4 heterocycles. The molecule has 0 aliphatic carbocycles. The molecule has 0 bridgehead atoms. The highest BCUT2D eigenvalue weighted by atomic mass is 32.1. The quantitative estimate of drug-likeness (QED) is 0.829. The first-order valence-corrected chi connectivity index (χ1v) is 9.30. The number of carbonyl (C=O) groups is 2. The molecule has 0 radical (unpaired) electrons. The van der Waals surface area contributed by atoms with Crippen molar-refractivity contribution in [3.63, 3.8) is 0 Å². The summed E-state index contributed by atoms with van der Waals surface area (Å²) in [5, 5.41) is 11.4. The second-order valence-corrected chi connectivity index (χ2v) is 7.32. The van der Waals surface area contributed by atoms with Gasteiger partial charge >= 0.3 is 12.1 Å². The van der Waals surface area contributed by atoms with Crippen molar-refractivity contribution >= 4 is 28.9 Å². The number of aromatic nitrogens is 2. The standard InChI is InChI=1S/C15H16N4OS.C2HF3O2/c20-15-14-8-18(5-11-1-2-21-9-11)6-12(14)7-19(15)13-3-16-10-17-4-13;3-2(4,5)1(6)7/h1-4,9-10,12,14H,5-8H2;(H,6,7)/t12-,14-;/m0./s1. The second kappa shape index (κ2) is 8.23. The van der Waals surface area contributed by atoms with Gasteiger partial charge in [-0.25, -0.2) is 14.8 Å². The van der Waals surface area contributed by atoms with E-state index in [1.807, 2.05) is 4.90 Å². The summed E-state index contributed by atoms with van der Waals surface area (Å²) >= 11 is 1.73. The first kappa shape index (κ1) is 20.2. The third kappa shape index (κ3) is 4.65. The van der Waals surface area contributed by atoms with Crippen molar-refractivity contribution in [3.05, 3.63) is 41.1 Å². The molecule has 2 aliphatic rings. The highest BCUT2D eigenvalue weighted by molar-refractivity contribution is 7.07. The molecular weight excluding hydrogens is 397 g/mol. The number of hydrogen-bond acceptors (Lipinski definition) is 6. The molecule has 7 nitrogen and oxygen atoms in total. The number of amides is 1. The van der Waals surface area contributed by atoms with Gasteiger partial charge in [0.05, 0.1) is 24.0 Å². The molecule has 2 aliphatic heterocycles. The molecule has 2 aromatic heterocycles. The third-order valence-corrected chi connectivity index (χ3v) is 5.34. The van der Waals surface area contributed by atoms with E-state index >= 15 is 0 Å². The van der Waals surface area contributed by atoms with Crippen molar-refractivity contribution in [3.8, 4) is 0 Å². The maximum Gasteiger partial charge on any atom is 0.490 e. The van der Waals surface area contributed by atoms with Crippen LogP contribution >= 0.6 is 11.3 Å². The van der Waals surface area contributed by atoms with Crippen LogP contribution in [0.1, 0.15) is 5.56 Å². The first-order valence-electron chi connectivity index (χ1n) is 8.35. The molecule has 0 aromatic carbocycles. The Morgan fingerprint density at radius 2 is 1.93 bits per heavy atom. The maximum absolute atomic E-state index is 12.6. The Balaban J connectivity index is 0.000000279. The summed E-state index contributed by atoms with van der Waals surface area (Å²) < 4.78 is 31.7. The molecule has 2 aromatic rings. The zero-order chi connectivity index (χ0) is 20.3. The van der Waals surface area contributed by atoms with Gasteiger partial charge in [-0.3, -0.25) is 9.69 Å². The number of fused-ring (bicyclic) bond motifs is 1. The predicted octanol–water partition coefficient (Wildman–Crippen LogP) is 2.27. The fourth-order valence-corrected chi connectivity index (χ4v) is 4.04. The monoisotopic (exact) mass is 414 g/mol. The van der Waals surface area contributed by atoms with Crippen LogP contribution in [0.3, 0.4) is 0 Å². The minimum atomic E-state index is -5.08. The summed E-state index contributed by atoms with van der Waals surface area (Å²) in [6.07, 6.45) is -0.155. The van der Waals surface area contributed by atoms with Crippen LogP contribution in [-0.4, -0.2) is 57.7 Å². The number of carboxylic acids is 1. The first-order chi connectivity index (χ1) is 13.3. The number of anilines is 1. The number of alkyl halides is 3. The average Bonchev–Trinajstić information content (AvgIpc) is 3.35. The van der Waals surface area contributed by atoms with Crippen molar-refractivity contribution in [1.29, 1.82) is 0 Å². The number of nitrogens with zero attached hydrogens (tertiary/aromatic N) is 4. The number of thiophene rings is 1. The lowest BCUT2D eigenvalue weighted by atomic mass is 10.0. The lowest BCUT2D eigenvalue weighted by molar-refractivity contribution is -0.192. The Morgan fingerprint density at radius 3 is 2.46 bits per heavy atom. The molecule has 0 spiro atoms. The summed E-state index contributed by atoms with van der Waals surface area (Å²) in [6, 6.07) is 2.16. The van der Waals surface area contributed by atoms with Crippen molar-refractivity contribution in [2.24, 2.45) is 11.8 Å². The maximum atomic E-state index is 12.6. The average molecular weight is 414 g/mol. The smallest absolute Gasteiger partial charge is 0.475 e. The highest BCUT2D eigenvalue weighted by Crippen LogP contribution is 2.35. The van der Waals surface area contributed by atoms with E-state index < -0.39 is 12.1 Å². The molecule has 1 amide bonds. The number of hydrogen-bond donors (Lipinski definition) is 1. The van der Waals surface area contributed by atoms with Crippen LogP contribution in [0.2, 0.25) is 0 Å². The summed E-state index contributed by atoms with van der Waals surface area (Å²) in [5.41, 5.74) is 2.17. The summed E-state index contributed by atoms with van der Waals surface area (Å²) in [7, 11) is 0. The molecule has 4 rings (SSSR count). The van der Waals surface area contributed by atoms with Gasteiger partial charge in [0.25, 0.3) is 0 Å². The molecule has 2 atom stereocenters. The van der Waals surface area contributed by atoms with Crippen LogP contribution in [0.15, 0.2) is 35.5 Å². The Bertz CT molecular complexity index is 817. The number of halogens is 3. The zero-order valence-corrected chi connectivity index (χ0v) is 15.4. The minimum Gasteiger partial charge on any atom is -0.475 e. The fourth-order valence-electron chi connectivity index (χ4n) is 3.38. The summed E-state index contributed by atoms with van der Waals surface area (Å²) in [4.78, 5) is 33.7. The Labute approximate surface area is 162 Å². The normalized spacial score (nSPS) is 22.0. The summed E-state index contributed by atoms with van der Waals surface area (Å²) in [5.74, 6) is -1.98. The van der Waals surface area contributed by atoms with Crippen LogP contribution < -0.4 is 4.90 Å². The number of rotatable bonds is 3. The van der Waals surface area contributed by atoms with Crippen molar-refractivity contribution < 1.29 is 27.9 Å². The van der Waals surface area contributed by atoms with E-state index in [2.05, 4.69) is 31.7 Å². The number of carboxylic acid groups (broad SMARTS) is 1. The topological polar surface area (TPSA) is 86.6 Å². The number of aliphatic carboxylic acids is 1. The summed E-state index contributed by atoms with van der Waals surface area (Å²) in [6.45, 7) is 3.61. The van der Waals surface area contributed by atoms with Crippen LogP contribution in [0, 0.1) is 11.8 Å². The predicted molar refractivity (Wildman–Crippen MR) is 94.7 cm³/mol. The zero-order valence-electron chi connectivity index (χ0n) is 14.5. The Hall–Kier alpha value is -2.53. The van der Waals surface area contributed by atoms with Gasteiger partial charge in [-0.15, -0.1) is 0 Å². The molecule has 28 heavy (non-hydrogen) atoms. The minimum absolute atomic E-state index is 0.129. The van der Waals surface area contributed by atoms with Gasteiger partial charge < -0.3 is 10.0 Å². The molecular formula is C17H17F3N4O3S. The molecule has 1 N–H and O–H groups in total. The molecule has 0 unspecified atom stereocenters. The molecule has 0 saturated carbocycles. The lowest BCUT2D eigenvalue weighted by Gasteiger charge is -2.20.